The zero-order chi connectivity index (χ0) is 13.7. The summed E-state index contributed by atoms with van der Waals surface area (Å²) in [5.41, 5.74) is 3.81. The van der Waals surface area contributed by atoms with Crippen LogP contribution in [0.15, 0.2) is 18.2 Å². The summed E-state index contributed by atoms with van der Waals surface area (Å²) < 4.78 is 5.53. The van der Waals surface area contributed by atoms with Gasteiger partial charge in [-0.2, -0.15) is 5.26 Å². The van der Waals surface area contributed by atoms with Crippen LogP contribution in [0, 0.1) is 23.7 Å². The number of benzene rings is 1. The average molecular weight is 255 g/mol. The molecule has 2 aliphatic rings. The van der Waals surface area contributed by atoms with Crippen molar-refractivity contribution >= 4 is 0 Å². The van der Waals surface area contributed by atoms with Crippen LogP contribution >= 0.6 is 0 Å². The fourth-order valence-corrected chi connectivity index (χ4v) is 3.33. The van der Waals surface area contributed by atoms with Crippen LogP contribution in [0.3, 0.4) is 0 Å². The standard InChI is InChI=1S/C17H21NO/c1-12(2)14-5-4-13(3)15(8-14)17(10-19-11-17)16(9-18)6-7-16/h4-5,8,12H,6-7,10-11H2,1-3H3. The van der Waals surface area contributed by atoms with Gasteiger partial charge in [0.15, 0.2) is 0 Å². The quantitative estimate of drug-likeness (QED) is 0.825. The Balaban J connectivity index is 2.10. The van der Waals surface area contributed by atoms with Crippen molar-refractivity contribution in [1.82, 2.24) is 0 Å². The second kappa shape index (κ2) is 4.08. The van der Waals surface area contributed by atoms with Crippen molar-refractivity contribution < 1.29 is 4.74 Å². The summed E-state index contributed by atoms with van der Waals surface area (Å²) in [4.78, 5) is 0. The Morgan fingerprint density at radius 3 is 2.37 bits per heavy atom. The van der Waals surface area contributed by atoms with Gasteiger partial charge in [-0.15, -0.1) is 0 Å². The molecule has 0 amide bonds. The first kappa shape index (κ1) is 12.7. The van der Waals surface area contributed by atoms with E-state index in [1.165, 1.54) is 16.7 Å². The molecule has 3 rings (SSSR count). The van der Waals surface area contributed by atoms with Crippen molar-refractivity contribution in [3.63, 3.8) is 0 Å². The van der Waals surface area contributed by atoms with Crippen LogP contribution in [0.25, 0.3) is 0 Å². The maximum Gasteiger partial charge on any atom is 0.0716 e. The third kappa shape index (κ3) is 1.65. The predicted octanol–water partition coefficient (Wildman–Crippen LogP) is 3.69. The van der Waals surface area contributed by atoms with Gasteiger partial charge in [-0.3, -0.25) is 0 Å². The minimum atomic E-state index is -0.161. The monoisotopic (exact) mass is 255 g/mol. The first-order valence-corrected chi connectivity index (χ1v) is 7.15. The van der Waals surface area contributed by atoms with Crippen LogP contribution in [0.2, 0.25) is 0 Å². The zero-order valence-corrected chi connectivity index (χ0v) is 12.0. The summed E-state index contributed by atoms with van der Waals surface area (Å²) >= 11 is 0. The molecule has 0 aromatic heterocycles. The SMILES string of the molecule is Cc1ccc(C(C)C)cc1C1(C2(C#N)CC2)COC1. The van der Waals surface area contributed by atoms with Gasteiger partial charge in [0, 0.05) is 0 Å². The van der Waals surface area contributed by atoms with Gasteiger partial charge >= 0.3 is 0 Å². The summed E-state index contributed by atoms with van der Waals surface area (Å²) in [6.07, 6.45) is 2.05. The third-order valence-electron chi connectivity index (χ3n) is 5.02. The minimum Gasteiger partial charge on any atom is -0.379 e. The van der Waals surface area contributed by atoms with Crippen molar-refractivity contribution in [3.8, 4) is 6.07 Å². The Morgan fingerprint density at radius 2 is 1.95 bits per heavy atom. The summed E-state index contributed by atoms with van der Waals surface area (Å²) in [6, 6.07) is 9.33. The molecule has 2 nitrogen and oxygen atoms in total. The van der Waals surface area contributed by atoms with E-state index in [1.807, 2.05) is 0 Å². The van der Waals surface area contributed by atoms with E-state index in [0.29, 0.717) is 19.1 Å². The molecular formula is C17H21NO. The molecule has 1 saturated carbocycles. The van der Waals surface area contributed by atoms with Crippen LogP contribution in [-0.2, 0) is 10.2 Å². The molecule has 0 N–H and O–H groups in total. The molecule has 1 saturated heterocycles. The van der Waals surface area contributed by atoms with Gasteiger partial charge in [0.05, 0.1) is 30.1 Å². The molecule has 19 heavy (non-hydrogen) atoms. The summed E-state index contributed by atoms with van der Waals surface area (Å²) in [7, 11) is 0. The average Bonchev–Trinajstić information content (AvgIpc) is 3.11. The van der Waals surface area contributed by atoms with Crippen molar-refractivity contribution in [2.24, 2.45) is 5.41 Å². The summed E-state index contributed by atoms with van der Waals surface area (Å²) in [6.45, 7) is 8.02. The van der Waals surface area contributed by atoms with E-state index in [9.17, 15) is 5.26 Å². The Morgan fingerprint density at radius 1 is 1.26 bits per heavy atom. The Bertz CT molecular complexity index is 545. The van der Waals surface area contributed by atoms with Crippen molar-refractivity contribution in [2.45, 2.75) is 44.9 Å². The molecule has 1 aliphatic heterocycles. The second-order valence-electron chi connectivity index (χ2n) is 6.50. The van der Waals surface area contributed by atoms with Gasteiger partial charge in [-0.05, 0) is 42.4 Å². The number of aryl methyl sites for hydroxylation is 1. The normalized spacial score (nSPS) is 22.7. The lowest BCUT2D eigenvalue weighted by molar-refractivity contribution is -0.0870. The Hall–Kier alpha value is -1.33. The molecule has 1 heterocycles. The smallest absolute Gasteiger partial charge is 0.0716 e. The highest BCUT2D eigenvalue weighted by molar-refractivity contribution is 5.45. The summed E-state index contributed by atoms with van der Waals surface area (Å²) in [5, 5.41) is 9.58. The van der Waals surface area contributed by atoms with Gasteiger partial charge in [-0.25, -0.2) is 0 Å². The fraction of sp³-hybridized carbons (Fsp3) is 0.588. The lowest BCUT2D eigenvalue weighted by Crippen LogP contribution is -2.53. The number of ether oxygens (including phenoxy) is 1. The van der Waals surface area contributed by atoms with Gasteiger partial charge in [-0.1, -0.05) is 32.0 Å². The molecule has 0 radical (unpaired) electrons. The van der Waals surface area contributed by atoms with Gasteiger partial charge in [0.2, 0.25) is 0 Å². The molecule has 1 aromatic carbocycles. The van der Waals surface area contributed by atoms with Crippen molar-refractivity contribution in [3.05, 3.63) is 34.9 Å². The maximum absolute atomic E-state index is 9.58. The van der Waals surface area contributed by atoms with E-state index >= 15 is 0 Å². The highest BCUT2D eigenvalue weighted by Crippen LogP contribution is 2.62. The second-order valence-corrected chi connectivity index (χ2v) is 6.50. The largest absolute Gasteiger partial charge is 0.379 e. The van der Waals surface area contributed by atoms with E-state index in [2.05, 4.69) is 45.0 Å². The van der Waals surface area contributed by atoms with Crippen molar-refractivity contribution in [2.75, 3.05) is 13.2 Å². The van der Waals surface area contributed by atoms with E-state index < -0.39 is 0 Å². The third-order valence-corrected chi connectivity index (χ3v) is 5.02. The molecule has 0 spiro atoms. The fourth-order valence-electron chi connectivity index (χ4n) is 3.33. The lowest BCUT2D eigenvalue weighted by Gasteiger charge is -2.46. The predicted molar refractivity (Wildman–Crippen MR) is 75.0 cm³/mol. The van der Waals surface area contributed by atoms with Gasteiger partial charge in [0.25, 0.3) is 0 Å². The zero-order valence-electron chi connectivity index (χ0n) is 12.0. The maximum atomic E-state index is 9.58. The molecule has 0 bridgehead atoms. The van der Waals surface area contributed by atoms with E-state index in [4.69, 9.17) is 4.74 Å². The molecule has 1 aliphatic carbocycles. The minimum absolute atomic E-state index is 0.0449. The molecule has 1 aromatic rings. The highest BCUT2D eigenvalue weighted by Gasteiger charge is 2.64. The topological polar surface area (TPSA) is 33.0 Å². The number of nitriles is 1. The first-order chi connectivity index (χ1) is 9.05. The van der Waals surface area contributed by atoms with Crippen molar-refractivity contribution in [1.29, 1.82) is 5.26 Å². The Kier molecular flexibility index (Phi) is 2.73. The number of nitrogens with zero attached hydrogens (tertiary/aromatic N) is 1. The lowest BCUT2D eigenvalue weighted by atomic mass is 9.65. The molecule has 2 fully saturated rings. The Labute approximate surface area is 115 Å². The molecule has 0 atom stereocenters. The van der Waals surface area contributed by atoms with Crippen LogP contribution in [0.4, 0.5) is 0 Å². The highest BCUT2D eigenvalue weighted by atomic mass is 16.5. The molecular weight excluding hydrogens is 234 g/mol. The van der Waals surface area contributed by atoms with Crippen LogP contribution < -0.4 is 0 Å². The summed E-state index contributed by atoms with van der Waals surface area (Å²) in [5.74, 6) is 0.523. The van der Waals surface area contributed by atoms with Crippen LogP contribution in [-0.4, -0.2) is 13.2 Å². The van der Waals surface area contributed by atoms with Crippen LogP contribution in [0.1, 0.15) is 49.3 Å². The number of rotatable bonds is 3. The molecule has 2 heteroatoms. The number of hydrogen-bond acceptors (Lipinski definition) is 2. The van der Waals surface area contributed by atoms with Crippen LogP contribution in [0.5, 0.6) is 0 Å². The van der Waals surface area contributed by atoms with Gasteiger partial charge < -0.3 is 4.74 Å². The van der Waals surface area contributed by atoms with E-state index in [-0.39, 0.29) is 10.8 Å². The van der Waals surface area contributed by atoms with E-state index in [0.717, 1.165) is 12.8 Å². The van der Waals surface area contributed by atoms with E-state index in [1.54, 1.807) is 0 Å². The molecule has 0 unspecified atom stereocenters. The van der Waals surface area contributed by atoms with Gasteiger partial charge in [0.1, 0.15) is 0 Å². The number of hydrogen-bond donors (Lipinski definition) is 0. The molecule has 100 valence electrons. The first-order valence-electron chi connectivity index (χ1n) is 7.15.